The monoisotopic (exact) mass is 298 g/mol. The number of hydrogen-bond acceptors (Lipinski definition) is 3. The van der Waals surface area contributed by atoms with Crippen molar-refractivity contribution >= 4 is 10.1 Å². The van der Waals surface area contributed by atoms with Gasteiger partial charge in [-0.1, -0.05) is 59.2 Å². The second-order valence-corrected chi connectivity index (χ2v) is 9.05. The second kappa shape index (κ2) is 5.49. The van der Waals surface area contributed by atoms with Gasteiger partial charge in [0.15, 0.2) is 0 Å². The Balaban J connectivity index is 3.13. The fraction of sp³-hybridized carbons (Fsp3) is 0.625. The highest BCUT2D eigenvalue weighted by molar-refractivity contribution is 7.86. The van der Waals surface area contributed by atoms with Crippen LogP contribution in [0.2, 0.25) is 0 Å². The molecule has 0 N–H and O–H groups in total. The van der Waals surface area contributed by atoms with Crippen LogP contribution in [0.4, 0.5) is 0 Å². The molecular formula is C16H26O3S. The van der Waals surface area contributed by atoms with E-state index in [1.165, 1.54) is 0 Å². The van der Waals surface area contributed by atoms with Crippen molar-refractivity contribution in [2.24, 2.45) is 10.8 Å². The van der Waals surface area contributed by atoms with E-state index in [2.05, 4.69) is 0 Å². The van der Waals surface area contributed by atoms with Gasteiger partial charge < -0.3 is 0 Å². The van der Waals surface area contributed by atoms with Gasteiger partial charge >= 0.3 is 0 Å². The van der Waals surface area contributed by atoms with Gasteiger partial charge in [-0.25, -0.2) is 0 Å². The maximum Gasteiger partial charge on any atom is 0.297 e. The van der Waals surface area contributed by atoms with Crippen LogP contribution in [0.15, 0.2) is 29.2 Å². The lowest BCUT2D eigenvalue weighted by Crippen LogP contribution is -2.42. The number of aryl methyl sites for hydroxylation is 1. The second-order valence-electron chi connectivity index (χ2n) is 7.48. The average molecular weight is 298 g/mol. The first-order valence-electron chi connectivity index (χ1n) is 6.84. The molecule has 0 unspecified atom stereocenters. The summed E-state index contributed by atoms with van der Waals surface area (Å²) in [6, 6.07) is 6.74. The van der Waals surface area contributed by atoms with E-state index >= 15 is 0 Å². The third kappa shape index (κ3) is 4.32. The quantitative estimate of drug-likeness (QED) is 0.787. The molecular weight excluding hydrogens is 272 g/mol. The average Bonchev–Trinajstić information content (AvgIpc) is 2.23. The Kier molecular flexibility index (Phi) is 4.72. The molecule has 3 nitrogen and oxygen atoms in total. The zero-order valence-corrected chi connectivity index (χ0v) is 14.3. The van der Waals surface area contributed by atoms with E-state index in [9.17, 15) is 8.42 Å². The predicted octanol–water partition coefficient (Wildman–Crippen LogP) is 4.16. The Morgan fingerprint density at radius 3 is 1.65 bits per heavy atom. The zero-order valence-electron chi connectivity index (χ0n) is 13.5. The third-order valence-electron chi connectivity index (χ3n) is 3.11. The van der Waals surface area contributed by atoms with Crippen LogP contribution in [0.25, 0.3) is 0 Å². The number of hydrogen-bond donors (Lipinski definition) is 0. The molecule has 0 saturated heterocycles. The van der Waals surface area contributed by atoms with Crippen LogP contribution in [-0.2, 0) is 14.3 Å². The smallest absolute Gasteiger partial charge is 0.262 e. The first-order valence-corrected chi connectivity index (χ1v) is 8.25. The van der Waals surface area contributed by atoms with Gasteiger partial charge in [0.1, 0.15) is 0 Å². The predicted molar refractivity (Wildman–Crippen MR) is 82.1 cm³/mol. The Morgan fingerprint density at radius 2 is 1.30 bits per heavy atom. The van der Waals surface area contributed by atoms with E-state index in [4.69, 9.17) is 4.18 Å². The lowest BCUT2D eigenvalue weighted by atomic mass is 9.74. The van der Waals surface area contributed by atoms with Crippen molar-refractivity contribution in [3.63, 3.8) is 0 Å². The first-order chi connectivity index (χ1) is 8.84. The molecule has 0 bridgehead atoms. The van der Waals surface area contributed by atoms with Gasteiger partial charge in [-0.05, 0) is 29.9 Å². The molecule has 4 heteroatoms. The molecule has 0 atom stereocenters. The number of benzene rings is 1. The van der Waals surface area contributed by atoms with Crippen LogP contribution in [0.1, 0.15) is 47.1 Å². The molecule has 0 fully saturated rings. The van der Waals surface area contributed by atoms with Gasteiger partial charge in [0.2, 0.25) is 0 Å². The third-order valence-corrected chi connectivity index (χ3v) is 4.40. The van der Waals surface area contributed by atoms with Crippen LogP contribution in [0.5, 0.6) is 0 Å². The summed E-state index contributed by atoms with van der Waals surface area (Å²) in [7, 11) is -3.74. The maximum atomic E-state index is 12.4. The van der Waals surface area contributed by atoms with E-state index in [0.29, 0.717) is 0 Å². The van der Waals surface area contributed by atoms with Crippen molar-refractivity contribution in [3.05, 3.63) is 29.8 Å². The first kappa shape index (κ1) is 17.2. The van der Waals surface area contributed by atoms with Crippen LogP contribution < -0.4 is 0 Å². The van der Waals surface area contributed by atoms with Gasteiger partial charge in [-0.15, -0.1) is 0 Å². The standard InChI is InChI=1S/C16H26O3S/c1-12-8-10-13(11-9-12)20(17,18)19-14(15(2,3)4)16(5,6)7/h8-11,14H,1-7H3. The molecule has 0 amide bonds. The van der Waals surface area contributed by atoms with E-state index < -0.39 is 16.2 Å². The molecule has 0 aliphatic carbocycles. The van der Waals surface area contributed by atoms with E-state index in [-0.39, 0.29) is 15.7 Å². The van der Waals surface area contributed by atoms with E-state index in [0.717, 1.165) is 5.56 Å². The Bertz CT molecular complexity index is 529. The van der Waals surface area contributed by atoms with Gasteiger partial charge in [0.25, 0.3) is 10.1 Å². The highest BCUT2D eigenvalue weighted by Crippen LogP contribution is 2.38. The molecule has 0 heterocycles. The minimum atomic E-state index is -3.74. The summed E-state index contributed by atoms with van der Waals surface area (Å²) < 4.78 is 30.4. The Hall–Kier alpha value is -0.870. The van der Waals surface area contributed by atoms with Crippen LogP contribution in [-0.4, -0.2) is 14.5 Å². The lowest BCUT2D eigenvalue weighted by molar-refractivity contribution is 0.00324. The summed E-state index contributed by atoms with van der Waals surface area (Å²) in [4.78, 5) is 0.210. The molecule has 0 saturated carbocycles. The molecule has 0 radical (unpaired) electrons. The molecule has 1 rings (SSSR count). The molecule has 1 aromatic carbocycles. The minimum absolute atomic E-state index is 0.210. The molecule has 114 valence electrons. The minimum Gasteiger partial charge on any atom is -0.262 e. The normalized spacial score (nSPS) is 13.8. The largest absolute Gasteiger partial charge is 0.297 e. The summed E-state index contributed by atoms with van der Waals surface area (Å²) in [6.07, 6.45) is -0.402. The molecule has 1 aromatic rings. The Labute approximate surface area is 123 Å². The molecule has 0 aromatic heterocycles. The van der Waals surface area contributed by atoms with Gasteiger partial charge in [-0.2, -0.15) is 8.42 Å². The topological polar surface area (TPSA) is 43.4 Å². The summed E-state index contributed by atoms with van der Waals surface area (Å²) in [5, 5.41) is 0. The molecule has 0 aliphatic rings. The SMILES string of the molecule is Cc1ccc(S(=O)(=O)OC(C(C)(C)C)C(C)(C)C)cc1. The summed E-state index contributed by atoms with van der Waals surface area (Å²) in [5.41, 5.74) is 0.485. The molecule has 20 heavy (non-hydrogen) atoms. The van der Waals surface area contributed by atoms with Crippen LogP contribution in [0, 0.1) is 17.8 Å². The van der Waals surface area contributed by atoms with Crippen molar-refractivity contribution in [1.82, 2.24) is 0 Å². The zero-order chi connectivity index (χ0) is 15.8. The fourth-order valence-electron chi connectivity index (χ4n) is 2.47. The molecule has 0 spiro atoms. The Morgan fingerprint density at radius 1 is 0.900 bits per heavy atom. The lowest BCUT2D eigenvalue weighted by Gasteiger charge is -2.39. The van der Waals surface area contributed by atoms with Crippen LogP contribution in [0.3, 0.4) is 0 Å². The summed E-state index contributed by atoms with van der Waals surface area (Å²) >= 11 is 0. The number of rotatable bonds is 3. The summed E-state index contributed by atoms with van der Waals surface area (Å²) in [5.74, 6) is 0. The van der Waals surface area contributed by atoms with Crippen molar-refractivity contribution < 1.29 is 12.6 Å². The molecule has 0 aliphatic heterocycles. The van der Waals surface area contributed by atoms with Gasteiger partial charge in [0, 0.05) is 0 Å². The van der Waals surface area contributed by atoms with Crippen molar-refractivity contribution in [3.8, 4) is 0 Å². The summed E-state index contributed by atoms with van der Waals surface area (Å²) in [6.45, 7) is 13.9. The van der Waals surface area contributed by atoms with Gasteiger partial charge in [0.05, 0.1) is 11.0 Å². The maximum absolute atomic E-state index is 12.4. The van der Waals surface area contributed by atoms with E-state index in [1.807, 2.05) is 48.5 Å². The highest BCUT2D eigenvalue weighted by atomic mass is 32.2. The van der Waals surface area contributed by atoms with Crippen molar-refractivity contribution in [1.29, 1.82) is 0 Å². The van der Waals surface area contributed by atoms with E-state index in [1.54, 1.807) is 24.3 Å². The van der Waals surface area contributed by atoms with Crippen molar-refractivity contribution in [2.45, 2.75) is 59.5 Å². The highest BCUT2D eigenvalue weighted by Gasteiger charge is 2.39. The van der Waals surface area contributed by atoms with Crippen LogP contribution >= 0.6 is 0 Å². The van der Waals surface area contributed by atoms with Gasteiger partial charge in [-0.3, -0.25) is 4.18 Å². The fourth-order valence-corrected chi connectivity index (χ4v) is 3.89. The van der Waals surface area contributed by atoms with Crippen molar-refractivity contribution in [2.75, 3.05) is 0 Å².